The molecule has 1 fully saturated rings. The van der Waals surface area contributed by atoms with E-state index >= 15 is 0 Å². The molecule has 0 aliphatic carbocycles. The second kappa shape index (κ2) is 6.83. The second-order valence-corrected chi connectivity index (χ2v) is 5.03. The van der Waals surface area contributed by atoms with Gasteiger partial charge >= 0.3 is 0 Å². The molecular formula is C14H24N4. The average molecular weight is 248 g/mol. The molecule has 100 valence electrons. The number of pyridine rings is 1. The summed E-state index contributed by atoms with van der Waals surface area (Å²) in [6.45, 7) is 9.49. The van der Waals surface area contributed by atoms with Crippen LogP contribution in [0.25, 0.3) is 0 Å². The van der Waals surface area contributed by atoms with Crippen molar-refractivity contribution in [2.45, 2.75) is 19.9 Å². The molecule has 0 radical (unpaired) electrons. The van der Waals surface area contributed by atoms with E-state index < -0.39 is 0 Å². The summed E-state index contributed by atoms with van der Waals surface area (Å²) in [7, 11) is 0. The molecule has 0 unspecified atom stereocenters. The summed E-state index contributed by atoms with van der Waals surface area (Å²) in [6, 6.07) is 4.14. The lowest BCUT2D eigenvalue weighted by Gasteiger charge is -2.21. The van der Waals surface area contributed by atoms with Gasteiger partial charge in [-0.05, 0) is 38.1 Å². The molecule has 0 bridgehead atoms. The van der Waals surface area contributed by atoms with E-state index in [9.17, 15) is 0 Å². The molecule has 1 aromatic heterocycles. The van der Waals surface area contributed by atoms with Crippen molar-refractivity contribution in [3.63, 3.8) is 0 Å². The highest BCUT2D eigenvalue weighted by Crippen LogP contribution is 2.10. The van der Waals surface area contributed by atoms with Crippen LogP contribution in [0.4, 0.5) is 0 Å². The molecule has 0 saturated carbocycles. The molecule has 1 aromatic rings. The zero-order chi connectivity index (χ0) is 12.8. The van der Waals surface area contributed by atoms with Gasteiger partial charge in [-0.3, -0.25) is 9.88 Å². The first-order valence-corrected chi connectivity index (χ1v) is 6.85. The molecule has 1 saturated heterocycles. The third kappa shape index (κ3) is 3.77. The molecule has 2 rings (SSSR count). The van der Waals surface area contributed by atoms with Gasteiger partial charge in [0.15, 0.2) is 0 Å². The summed E-state index contributed by atoms with van der Waals surface area (Å²) in [5.74, 6) is 0. The third-order valence-corrected chi connectivity index (χ3v) is 3.62. The Morgan fingerprint density at radius 1 is 1.22 bits per heavy atom. The minimum atomic E-state index is 0.763. The standard InChI is InChI=1S/C14H24N4/c1-13-4-2-6-16-14(13)12-18-8-3-7-17(9-5-15)10-11-18/h2,4,6H,3,5,7-12,15H2,1H3. The van der Waals surface area contributed by atoms with E-state index in [1.54, 1.807) is 0 Å². The van der Waals surface area contributed by atoms with E-state index in [0.717, 1.165) is 39.3 Å². The van der Waals surface area contributed by atoms with Gasteiger partial charge in [-0.25, -0.2) is 0 Å². The molecule has 4 nitrogen and oxygen atoms in total. The minimum Gasteiger partial charge on any atom is -0.329 e. The van der Waals surface area contributed by atoms with Gasteiger partial charge in [-0.2, -0.15) is 0 Å². The minimum absolute atomic E-state index is 0.763. The summed E-state index contributed by atoms with van der Waals surface area (Å²) in [5.41, 5.74) is 8.13. The van der Waals surface area contributed by atoms with Crippen LogP contribution >= 0.6 is 0 Å². The first-order chi connectivity index (χ1) is 8.79. The maximum atomic E-state index is 5.62. The highest BCUT2D eigenvalue weighted by atomic mass is 15.2. The Bertz CT molecular complexity index is 367. The zero-order valence-corrected chi connectivity index (χ0v) is 11.3. The highest BCUT2D eigenvalue weighted by Gasteiger charge is 2.15. The Kier molecular flexibility index (Phi) is 5.11. The average Bonchev–Trinajstić information content (AvgIpc) is 2.59. The maximum Gasteiger partial charge on any atom is 0.0573 e. The molecule has 1 aliphatic heterocycles. The quantitative estimate of drug-likeness (QED) is 0.858. The summed E-state index contributed by atoms with van der Waals surface area (Å²) in [6.07, 6.45) is 3.12. The van der Waals surface area contributed by atoms with Gasteiger partial charge in [0.05, 0.1) is 5.69 Å². The zero-order valence-electron chi connectivity index (χ0n) is 11.3. The first-order valence-electron chi connectivity index (χ1n) is 6.85. The molecule has 1 aliphatic rings. The number of hydrogen-bond donors (Lipinski definition) is 1. The fourth-order valence-corrected chi connectivity index (χ4v) is 2.48. The van der Waals surface area contributed by atoms with Crippen LogP contribution in [0.1, 0.15) is 17.7 Å². The lowest BCUT2D eigenvalue weighted by molar-refractivity contribution is 0.252. The molecule has 18 heavy (non-hydrogen) atoms. The largest absolute Gasteiger partial charge is 0.329 e. The topological polar surface area (TPSA) is 45.4 Å². The lowest BCUT2D eigenvalue weighted by atomic mass is 10.2. The Labute approximate surface area is 110 Å². The smallest absolute Gasteiger partial charge is 0.0573 e. The van der Waals surface area contributed by atoms with Crippen LogP contribution in [0.5, 0.6) is 0 Å². The fourth-order valence-electron chi connectivity index (χ4n) is 2.48. The van der Waals surface area contributed by atoms with Crippen molar-refractivity contribution in [3.8, 4) is 0 Å². The third-order valence-electron chi connectivity index (χ3n) is 3.62. The van der Waals surface area contributed by atoms with Crippen molar-refractivity contribution in [1.82, 2.24) is 14.8 Å². The fraction of sp³-hybridized carbons (Fsp3) is 0.643. The molecule has 0 amide bonds. The van der Waals surface area contributed by atoms with E-state index in [2.05, 4.69) is 27.8 Å². The van der Waals surface area contributed by atoms with Crippen LogP contribution in [0, 0.1) is 6.92 Å². The number of aromatic nitrogens is 1. The van der Waals surface area contributed by atoms with Crippen molar-refractivity contribution in [3.05, 3.63) is 29.6 Å². The van der Waals surface area contributed by atoms with E-state index in [-0.39, 0.29) is 0 Å². The Morgan fingerprint density at radius 2 is 2.00 bits per heavy atom. The highest BCUT2D eigenvalue weighted by molar-refractivity contribution is 5.17. The number of aryl methyl sites for hydroxylation is 1. The van der Waals surface area contributed by atoms with Crippen LogP contribution < -0.4 is 5.73 Å². The van der Waals surface area contributed by atoms with Gasteiger partial charge in [-0.15, -0.1) is 0 Å². The normalized spacial score (nSPS) is 18.8. The Hall–Kier alpha value is -0.970. The number of rotatable bonds is 4. The number of nitrogens with two attached hydrogens (primary N) is 1. The van der Waals surface area contributed by atoms with Gasteiger partial charge in [0.2, 0.25) is 0 Å². The summed E-state index contributed by atoms with van der Waals surface area (Å²) in [4.78, 5) is 9.45. The van der Waals surface area contributed by atoms with Gasteiger partial charge in [0.1, 0.15) is 0 Å². The Morgan fingerprint density at radius 3 is 2.78 bits per heavy atom. The van der Waals surface area contributed by atoms with Crippen molar-refractivity contribution >= 4 is 0 Å². The van der Waals surface area contributed by atoms with Crippen LogP contribution in [-0.4, -0.2) is 54.1 Å². The van der Waals surface area contributed by atoms with Gasteiger partial charge in [0.25, 0.3) is 0 Å². The molecule has 0 spiro atoms. The van der Waals surface area contributed by atoms with Gasteiger partial charge < -0.3 is 10.6 Å². The van der Waals surface area contributed by atoms with Crippen LogP contribution in [0.2, 0.25) is 0 Å². The summed E-state index contributed by atoms with van der Waals surface area (Å²) >= 11 is 0. The van der Waals surface area contributed by atoms with E-state index in [1.165, 1.54) is 24.2 Å². The second-order valence-electron chi connectivity index (χ2n) is 5.03. The van der Waals surface area contributed by atoms with Crippen LogP contribution in [0.15, 0.2) is 18.3 Å². The molecular weight excluding hydrogens is 224 g/mol. The molecule has 0 aromatic carbocycles. The van der Waals surface area contributed by atoms with Crippen LogP contribution in [0.3, 0.4) is 0 Å². The van der Waals surface area contributed by atoms with Crippen molar-refractivity contribution in [2.75, 3.05) is 39.3 Å². The first kappa shape index (κ1) is 13.5. The summed E-state index contributed by atoms with van der Waals surface area (Å²) < 4.78 is 0. The van der Waals surface area contributed by atoms with Crippen molar-refractivity contribution in [1.29, 1.82) is 0 Å². The molecule has 2 N–H and O–H groups in total. The predicted octanol–water partition coefficient (Wildman–Crippen LogP) is 0.856. The van der Waals surface area contributed by atoms with Gasteiger partial charge in [0, 0.05) is 38.9 Å². The van der Waals surface area contributed by atoms with Gasteiger partial charge in [-0.1, -0.05) is 6.07 Å². The Balaban J connectivity index is 1.89. The van der Waals surface area contributed by atoms with Crippen molar-refractivity contribution in [2.24, 2.45) is 5.73 Å². The van der Waals surface area contributed by atoms with E-state index in [4.69, 9.17) is 5.73 Å². The summed E-state index contributed by atoms with van der Waals surface area (Å²) in [5, 5.41) is 0. The monoisotopic (exact) mass is 248 g/mol. The van der Waals surface area contributed by atoms with E-state index in [0.29, 0.717) is 0 Å². The van der Waals surface area contributed by atoms with E-state index in [1.807, 2.05) is 12.3 Å². The lowest BCUT2D eigenvalue weighted by Crippen LogP contribution is -2.33. The van der Waals surface area contributed by atoms with Crippen molar-refractivity contribution < 1.29 is 0 Å². The molecule has 2 heterocycles. The predicted molar refractivity (Wildman–Crippen MR) is 74.4 cm³/mol. The molecule has 0 atom stereocenters. The number of nitrogens with zero attached hydrogens (tertiary/aromatic N) is 3. The SMILES string of the molecule is Cc1cccnc1CN1CCCN(CCN)CC1. The van der Waals surface area contributed by atoms with Crippen LogP contribution in [-0.2, 0) is 6.54 Å². The molecule has 4 heteroatoms. The number of hydrogen-bond acceptors (Lipinski definition) is 4. The maximum absolute atomic E-state index is 5.62.